The fourth-order valence-electron chi connectivity index (χ4n) is 3.50. The van der Waals surface area contributed by atoms with Gasteiger partial charge in [-0.25, -0.2) is 4.98 Å². The Hall–Kier alpha value is -2.98. The Morgan fingerprint density at radius 3 is 2.55 bits per heavy atom. The molecule has 0 N–H and O–H groups in total. The molecule has 0 saturated carbocycles. The van der Waals surface area contributed by atoms with Crippen molar-refractivity contribution < 1.29 is 4.79 Å². The molecule has 1 amide bonds. The Balaban J connectivity index is 1.82. The number of nitrogens with zero attached hydrogens (tertiary/aromatic N) is 2. The lowest BCUT2D eigenvalue weighted by atomic mass is 10.0. The van der Waals surface area contributed by atoms with E-state index in [9.17, 15) is 4.79 Å². The van der Waals surface area contributed by atoms with Crippen LogP contribution in [0.5, 0.6) is 0 Å². The number of thiazole rings is 1. The first kappa shape index (κ1) is 19.3. The van der Waals surface area contributed by atoms with Crippen molar-refractivity contribution in [2.45, 2.75) is 33.7 Å². The summed E-state index contributed by atoms with van der Waals surface area (Å²) in [7, 11) is 0. The highest BCUT2D eigenvalue weighted by atomic mass is 32.1. The zero-order valence-electron chi connectivity index (χ0n) is 17.0. The lowest BCUT2D eigenvalue weighted by molar-refractivity contribution is 0.0984. The van der Waals surface area contributed by atoms with E-state index in [1.165, 1.54) is 5.56 Å². The Kier molecular flexibility index (Phi) is 5.45. The number of anilines is 1. The van der Waals surface area contributed by atoms with Gasteiger partial charge in [-0.3, -0.25) is 9.69 Å². The lowest BCUT2D eigenvalue weighted by Crippen LogP contribution is -2.31. The van der Waals surface area contributed by atoms with Crippen molar-refractivity contribution in [1.82, 2.24) is 4.98 Å². The number of benzene rings is 3. The number of hydrogen-bond donors (Lipinski definition) is 0. The highest BCUT2D eigenvalue weighted by Crippen LogP contribution is 2.33. The van der Waals surface area contributed by atoms with Crippen molar-refractivity contribution in [3.8, 4) is 0 Å². The molecule has 0 saturated heterocycles. The predicted octanol–water partition coefficient (Wildman–Crippen LogP) is 6.32. The van der Waals surface area contributed by atoms with E-state index in [0.29, 0.717) is 6.54 Å². The van der Waals surface area contributed by atoms with Crippen LogP contribution in [-0.4, -0.2) is 10.9 Å². The normalized spacial score (nSPS) is 11.0. The second-order valence-electron chi connectivity index (χ2n) is 7.31. The fourth-order valence-corrected chi connectivity index (χ4v) is 4.51. The Morgan fingerprint density at radius 1 is 1.00 bits per heavy atom. The van der Waals surface area contributed by atoms with Gasteiger partial charge in [0.2, 0.25) is 0 Å². The molecule has 1 aromatic heterocycles. The summed E-state index contributed by atoms with van der Waals surface area (Å²) in [6.45, 7) is 6.63. The predicted molar refractivity (Wildman–Crippen MR) is 122 cm³/mol. The number of amides is 1. The van der Waals surface area contributed by atoms with Gasteiger partial charge in [0.15, 0.2) is 5.13 Å². The van der Waals surface area contributed by atoms with Gasteiger partial charge in [0.1, 0.15) is 0 Å². The molecule has 0 atom stereocenters. The number of carbonyl (C=O) groups is 1. The highest BCUT2D eigenvalue weighted by Gasteiger charge is 2.23. The maximum atomic E-state index is 13.6. The van der Waals surface area contributed by atoms with Crippen molar-refractivity contribution in [2.75, 3.05) is 4.90 Å². The van der Waals surface area contributed by atoms with E-state index < -0.39 is 0 Å². The number of aromatic nitrogens is 1. The Bertz CT molecular complexity index is 1160. The SMILES string of the molecule is CCc1cccc2sc(N(Cc3ccccc3)C(=O)c3cc(C)ccc3C)nc12. The molecule has 4 heteroatoms. The number of para-hydroxylation sites is 1. The molecule has 1 heterocycles. The number of aryl methyl sites for hydroxylation is 3. The average Bonchev–Trinajstić information content (AvgIpc) is 3.18. The molecule has 0 fully saturated rings. The van der Waals surface area contributed by atoms with Gasteiger partial charge >= 0.3 is 0 Å². The van der Waals surface area contributed by atoms with Crippen LogP contribution in [0.2, 0.25) is 0 Å². The van der Waals surface area contributed by atoms with Crippen LogP contribution in [0.3, 0.4) is 0 Å². The fraction of sp³-hybridized carbons (Fsp3) is 0.200. The molecular weight excluding hydrogens is 376 g/mol. The van der Waals surface area contributed by atoms with Gasteiger partial charge in [0.05, 0.1) is 16.8 Å². The molecule has 29 heavy (non-hydrogen) atoms. The first-order valence-corrected chi connectivity index (χ1v) is 10.7. The zero-order chi connectivity index (χ0) is 20.4. The van der Waals surface area contributed by atoms with Crippen molar-refractivity contribution >= 4 is 32.6 Å². The summed E-state index contributed by atoms with van der Waals surface area (Å²) in [4.78, 5) is 20.4. The monoisotopic (exact) mass is 400 g/mol. The molecule has 0 bridgehead atoms. The second kappa shape index (κ2) is 8.18. The minimum Gasteiger partial charge on any atom is -0.279 e. The number of carbonyl (C=O) groups excluding carboxylic acids is 1. The van der Waals surface area contributed by atoms with Crippen LogP contribution in [0, 0.1) is 13.8 Å². The standard InChI is InChI=1S/C25H24N2OS/c1-4-20-11-8-12-22-23(20)26-25(29-22)27(16-19-9-6-5-7-10-19)24(28)21-15-17(2)13-14-18(21)3/h5-15H,4,16H2,1-3H3. The van der Waals surface area contributed by atoms with E-state index in [4.69, 9.17) is 4.98 Å². The van der Waals surface area contributed by atoms with E-state index in [-0.39, 0.29) is 5.91 Å². The van der Waals surface area contributed by atoms with E-state index in [2.05, 4.69) is 25.1 Å². The summed E-state index contributed by atoms with van der Waals surface area (Å²) < 4.78 is 1.12. The highest BCUT2D eigenvalue weighted by molar-refractivity contribution is 7.22. The van der Waals surface area contributed by atoms with Gasteiger partial charge in [0.25, 0.3) is 5.91 Å². The molecule has 0 radical (unpaired) electrons. The first-order chi connectivity index (χ1) is 14.1. The summed E-state index contributed by atoms with van der Waals surface area (Å²) in [5.41, 5.74) is 6.09. The molecule has 0 aliphatic heterocycles. The van der Waals surface area contributed by atoms with Crippen molar-refractivity contribution in [3.05, 3.63) is 94.5 Å². The maximum Gasteiger partial charge on any atom is 0.260 e. The van der Waals surface area contributed by atoms with Gasteiger partial charge in [-0.2, -0.15) is 0 Å². The Morgan fingerprint density at radius 2 is 1.79 bits per heavy atom. The maximum absolute atomic E-state index is 13.6. The second-order valence-corrected chi connectivity index (χ2v) is 8.32. The third-order valence-corrected chi connectivity index (χ3v) is 6.20. The van der Waals surface area contributed by atoms with E-state index in [0.717, 1.165) is 44.0 Å². The summed E-state index contributed by atoms with van der Waals surface area (Å²) >= 11 is 1.58. The quantitative estimate of drug-likeness (QED) is 0.392. The van der Waals surface area contributed by atoms with Crippen molar-refractivity contribution in [2.24, 2.45) is 0 Å². The van der Waals surface area contributed by atoms with Crippen LogP contribution in [0.15, 0.2) is 66.7 Å². The molecule has 146 valence electrons. The molecule has 0 spiro atoms. The molecule has 4 aromatic rings. The van der Waals surface area contributed by atoms with Gasteiger partial charge in [-0.15, -0.1) is 0 Å². The number of rotatable bonds is 5. The van der Waals surface area contributed by atoms with Crippen LogP contribution in [0.25, 0.3) is 10.2 Å². The number of fused-ring (bicyclic) bond motifs is 1. The summed E-state index contributed by atoms with van der Waals surface area (Å²) in [5, 5.41) is 0.746. The number of hydrogen-bond acceptors (Lipinski definition) is 3. The summed E-state index contributed by atoms with van der Waals surface area (Å²) in [5.74, 6) is -0.00726. The minimum absolute atomic E-state index is 0.00726. The van der Waals surface area contributed by atoms with Crippen molar-refractivity contribution in [3.63, 3.8) is 0 Å². The third kappa shape index (κ3) is 3.94. The molecule has 0 aliphatic rings. The average molecular weight is 401 g/mol. The van der Waals surface area contributed by atoms with Crippen molar-refractivity contribution in [1.29, 1.82) is 0 Å². The Labute approximate surface area is 175 Å². The van der Waals surface area contributed by atoms with Gasteiger partial charge in [-0.1, -0.05) is 78.4 Å². The lowest BCUT2D eigenvalue weighted by Gasteiger charge is -2.21. The molecular formula is C25H24N2OS. The van der Waals surface area contributed by atoms with Gasteiger partial charge in [-0.05, 0) is 49.1 Å². The molecule has 3 nitrogen and oxygen atoms in total. The van der Waals surface area contributed by atoms with Crippen LogP contribution in [-0.2, 0) is 13.0 Å². The first-order valence-electron chi connectivity index (χ1n) is 9.88. The van der Waals surface area contributed by atoms with Gasteiger partial charge < -0.3 is 0 Å². The molecule has 3 aromatic carbocycles. The van der Waals surface area contributed by atoms with E-state index >= 15 is 0 Å². The van der Waals surface area contributed by atoms with E-state index in [1.807, 2.05) is 67.3 Å². The summed E-state index contributed by atoms with van der Waals surface area (Å²) in [6, 6.07) is 22.4. The molecule has 0 aliphatic carbocycles. The largest absolute Gasteiger partial charge is 0.279 e. The van der Waals surface area contributed by atoms with Crippen LogP contribution in [0.4, 0.5) is 5.13 Å². The minimum atomic E-state index is -0.00726. The van der Waals surface area contributed by atoms with Crippen LogP contribution in [0.1, 0.15) is 39.5 Å². The summed E-state index contributed by atoms with van der Waals surface area (Å²) in [6.07, 6.45) is 0.921. The topological polar surface area (TPSA) is 33.2 Å². The smallest absolute Gasteiger partial charge is 0.260 e. The van der Waals surface area contributed by atoms with E-state index in [1.54, 1.807) is 11.3 Å². The van der Waals surface area contributed by atoms with Crippen LogP contribution >= 0.6 is 11.3 Å². The third-order valence-electron chi connectivity index (χ3n) is 5.16. The molecule has 0 unspecified atom stereocenters. The van der Waals surface area contributed by atoms with Gasteiger partial charge in [0, 0.05) is 5.56 Å². The molecule has 4 rings (SSSR count). The van der Waals surface area contributed by atoms with Crippen LogP contribution < -0.4 is 4.90 Å². The zero-order valence-corrected chi connectivity index (χ0v) is 17.8.